The third-order valence-corrected chi connectivity index (χ3v) is 4.63. The van der Waals surface area contributed by atoms with Crippen LogP contribution in [-0.4, -0.2) is 11.2 Å². The molecule has 1 aliphatic rings. The molecule has 0 aliphatic heterocycles. The number of benzene rings is 1. The van der Waals surface area contributed by atoms with Gasteiger partial charge in [-0.05, 0) is 37.1 Å². The van der Waals surface area contributed by atoms with Crippen molar-refractivity contribution < 1.29 is 4.79 Å². The standard InChI is InChI=1S/C15H21NOS/c1-12(17)16-13-8-10-15(11-9-13)18-14-6-4-2-3-5-7-14/h8-11,14H,2-7H2,1H3,(H,16,17). The molecule has 3 heteroatoms. The zero-order valence-corrected chi connectivity index (χ0v) is 11.8. The van der Waals surface area contributed by atoms with E-state index in [9.17, 15) is 4.79 Å². The van der Waals surface area contributed by atoms with Crippen molar-refractivity contribution in [3.05, 3.63) is 24.3 Å². The van der Waals surface area contributed by atoms with Gasteiger partial charge in [-0.1, -0.05) is 25.7 Å². The molecular formula is C15H21NOS. The average Bonchev–Trinajstić information content (AvgIpc) is 2.60. The second-order valence-corrected chi connectivity index (χ2v) is 6.31. The molecule has 1 fully saturated rings. The molecule has 98 valence electrons. The maximum Gasteiger partial charge on any atom is 0.221 e. The van der Waals surface area contributed by atoms with Gasteiger partial charge in [0.05, 0.1) is 0 Å². The zero-order chi connectivity index (χ0) is 12.8. The summed E-state index contributed by atoms with van der Waals surface area (Å²) >= 11 is 1.99. The Morgan fingerprint density at radius 2 is 1.72 bits per heavy atom. The summed E-state index contributed by atoms with van der Waals surface area (Å²) in [4.78, 5) is 12.3. The summed E-state index contributed by atoms with van der Waals surface area (Å²) < 4.78 is 0. The Bertz CT molecular complexity index is 380. The third kappa shape index (κ3) is 4.37. The van der Waals surface area contributed by atoms with Crippen LogP contribution in [0.15, 0.2) is 29.2 Å². The van der Waals surface area contributed by atoms with Gasteiger partial charge in [0, 0.05) is 22.8 Å². The summed E-state index contributed by atoms with van der Waals surface area (Å²) in [5.74, 6) is -0.0147. The monoisotopic (exact) mass is 263 g/mol. The minimum Gasteiger partial charge on any atom is -0.326 e. The van der Waals surface area contributed by atoms with E-state index in [0.29, 0.717) is 0 Å². The Labute approximate surface area is 114 Å². The number of hydrogen-bond donors (Lipinski definition) is 1. The molecule has 1 saturated carbocycles. The molecule has 0 radical (unpaired) electrons. The first-order valence-corrected chi connectivity index (χ1v) is 7.66. The summed E-state index contributed by atoms with van der Waals surface area (Å²) in [5, 5.41) is 3.57. The summed E-state index contributed by atoms with van der Waals surface area (Å²) in [7, 11) is 0. The van der Waals surface area contributed by atoms with E-state index < -0.39 is 0 Å². The van der Waals surface area contributed by atoms with Gasteiger partial charge in [0.1, 0.15) is 0 Å². The van der Waals surface area contributed by atoms with Crippen molar-refractivity contribution in [2.45, 2.75) is 55.6 Å². The Hall–Kier alpha value is -0.960. The fourth-order valence-electron chi connectivity index (χ4n) is 2.37. The molecule has 1 aromatic carbocycles. The maximum absolute atomic E-state index is 10.9. The second-order valence-electron chi connectivity index (χ2n) is 4.94. The smallest absolute Gasteiger partial charge is 0.221 e. The van der Waals surface area contributed by atoms with Gasteiger partial charge in [-0.25, -0.2) is 0 Å². The lowest BCUT2D eigenvalue weighted by molar-refractivity contribution is -0.114. The van der Waals surface area contributed by atoms with Crippen molar-refractivity contribution in [3.8, 4) is 0 Å². The van der Waals surface area contributed by atoms with Gasteiger partial charge >= 0.3 is 0 Å². The first-order valence-electron chi connectivity index (χ1n) is 6.78. The number of nitrogens with one attached hydrogen (secondary N) is 1. The van der Waals surface area contributed by atoms with E-state index >= 15 is 0 Å². The molecule has 2 rings (SSSR count). The Kier molecular flexibility index (Phi) is 5.12. The SMILES string of the molecule is CC(=O)Nc1ccc(SC2CCCCCC2)cc1. The quantitative estimate of drug-likeness (QED) is 0.816. The van der Waals surface area contributed by atoms with Crippen molar-refractivity contribution in [3.63, 3.8) is 0 Å². The van der Waals surface area contributed by atoms with Crippen LogP contribution >= 0.6 is 11.8 Å². The molecule has 1 amide bonds. The topological polar surface area (TPSA) is 29.1 Å². The average molecular weight is 263 g/mol. The van der Waals surface area contributed by atoms with Crippen molar-refractivity contribution in [1.29, 1.82) is 0 Å². The Morgan fingerprint density at radius 1 is 1.11 bits per heavy atom. The predicted octanol–water partition coefficient (Wildman–Crippen LogP) is 4.46. The lowest BCUT2D eigenvalue weighted by Gasteiger charge is -2.13. The van der Waals surface area contributed by atoms with Crippen LogP contribution in [0.1, 0.15) is 45.4 Å². The van der Waals surface area contributed by atoms with Gasteiger partial charge in [0.15, 0.2) is 0 Å². The number of thioether (sulfide) groups is 1. The van der Waals surface area contributed by atoms with Crippen LogP contribution in [0, 0.1) is 0 Å². The van der Waals surface area contributed by atoms with E-state index in [1.165, 1.54) is 50.3 Å². The number of carbonyl (C=O) groups excluding carboxylic acids is 1. The molecule has 0 bridgehead atoms. The molecule has 2 nitrogen and oxygen atoms in total. The fourth-order valence-corrected chi connectivity index (χ4v) is 3.62. The summed E-state index contributed by atoms with van der Waals surface area (Å²) in [6, 6.07) is 8.20. The van der Waals surface area contributed by atoms with Crippen LogP contribution in [0.3, 0.4) is 0 Å². The number of rotatable bonds is 3. The van der Waals surface area contributed by atoms with Gasteiger partial charge in [-0.15, -0.1) is 11.8 Å². The zero-order valence-electron chi connectivity index (χ0n) is 10.9. The maximum atomic E-state index is 10.9. The molecule has 18 heavy (non-hydrogen) atoms. The fraction of sp³-hybridized carbons (Fsp3) is 0.533. The minimum absolute atomic E-state index is 0.0147. The van der Waals surface area contributed by atoms with Gasteiger partial charge in [-0.3, -0.25) is 4.79 Å². The van der Waals surface area contributed by atoms with E-state index in [1.54, 1.807) is 0 Å². The van der Waals surface area contributed by atoms with Crippen molar-refractivity contribution in [2.75, 3.05) is 5.32 Å². The minimum atomic E-state index is -0.0147. The van der Waals surface area contributed by atoms with Crippen LogP contribution in [0.5, 0.6) is 0 Å². The van der Waals surface area contributed by atoms with E-state index in [0.717, 1.165) is 10.9 Å². The summed E-state index contributed by atoms with van der Waals surface area (Å²) in [6.07, 6.45) is 8.25. The Morgan fingerprint density at radius 3 is 2.28 bits per heavy atom. The number of amides is 1. The predicted molar refractivity (Wildman–Crippen MR) is 78.1 cm³/mol. The molecule has 0 saturated heterocycles. The number of carbonyl (C=O) groups is 1. The van der Waals surface area contributed by atoms with Crippen molar-refractivity contribution in [1.82, 2.24) is 0 Å². The molecule has 0 atom stereocenters. The van der Waals surface area contributed by atoms with Crippen LogP contribution in [-0.2, 0) is 4.79 Å². The lowest BCUT2D eigenvalue weighted by atomic mass is 10.2. The highest BCUT2D eigenvalue weighted by Crippen LogP contribution is 2.33. The molecule has 0 aromatic heterocycles. The largest absolute Gasteiger partial charge is 0.326 e. The van der Waals surface area contributed by atoms with E-state index in [1.807, 2.05) is 23.9 Å². The normalized spacial score (nSPS) is 17.2. The molecule has 0 unspecified atom stereocenters. The lowest BCUT2D eigenvalue weighted by Crippen LogP contribution is -2.05. The van der Waals surface area contributed by atoms with Gasteiger partial charge < -0.3 is 5.32 Å². The van der Waals surface area contributed by atoms with Gasteiger partial charge in [0.2, 0.25) is 5.91 Å². The molecule has 1 aromatic rings. The first kappa shape index (κ1) is 13.5. The Balaban J connectivity index is 1.90. The summed E-state index contributed by atoms with van der Waals surface area (Å²) in [5.41, 5.74) is 0.882. The van der Waals surface area contributed by atoms with Crippen LogP contribution in [0.25, 0.3) is 0 Å². The van der Waals surface area contributed by atoms with E-state index in [-0.39, 0.29) is 5.91 Å². The molecule has 1 N–H and O–H groups in total. The third-order valence-electron chi connectivity index (χ3n) is 3.28. The number of anilines is 1. The molecular weight excluding hydrogens is 242 g/mol. The second kappa shape index (κ2) is 6.83. The van der Waals surface area contributed by atoms with Crippen molar-refractivity contribution in [2.24, 2.45) is 0 Å². The molecule has 0 heterocycles. The summed E-state index contributed by atoms with van der Waals surface area (Å²) in [6.45, 7) is 1.54. The molecule has 0 spiro atoms. The van der Waals surface area contributed by atoms with Crippen LogP contribution < -0.4 is 5.32 Å². The molecule has 1 aliphatic carbocycles. The highest BCUT2D eigenvalue weighted by atomic mass is 32.2. The van der Waals surface area contributed by atoms with Crippen LogP contribution in [0.2, 0.25) is 0 Å². The van der Waals surface area contributed by atoms with E-state index in [4.69, 9.17) is 0 Å². The highest BCUT2D eigenvalue weighted by Gasteiger charge is 2.13. The first-order chi connectivity index (χ1) is 8.74. The van der Waals surface area contributed by atoms with Gasteiger partial charge in [0.25, 0.3) is 0 Å². The van der Waals surface area contributed by atoms with Crippen molar-refractivity contribution >= 4 is 23.4 Å². The van der Waals surface area contributed by atoms with E-state index in [2.05, 4.69) is 17.4 Å². The number of hydrogen-bond acceptors (Lipinski definition) is 2. The van der Waals surface area contributed by atoms with Gasteiger partial charge in [-0.2, -0.15) is 0 Å². The van der Waals surface area contributed by atoms with Crippen LogP contribution in [0.4, 0.5) is 5.69 Å². The highest BCUT2D eigenvalue weighted by molar-refractivity contribution is 8.00.